The van der Waals surface area contributed by atoms with Crippen molar-refractivity contribution in [1.29, 1.82) is 0 Å². The number of carbonyl (C=O) groups is 3. The fraction of sp³-hybridized carbons (Fsp3) is 0.833. The maximum absolute atomic E-state index is 10.2. The van der Waals surface area contributed by atoms with Crippen LogP contribution in [-0.4, -0.2) is 17.9 Å². The topological polar surface area (TPSA) is 120 Å². The van der Waals surface area contributed by atoms with Crippen LogP contribution in [0.4, 0.5) is 0 Å². The third-order valence-corrected chi connectivity index (χ3v) is 10.9. The Labute approximate surface area is 408 Å². The Morgan fingerprint density at radius 3 is 0.574 bits per heavy atom. The van der Waals surface area contributed by atoms with Crippen LogP contribution in [0.15, 0.2) is 36.5 Å². The molecule has 364 valence electrons. The first-order valence-corrected chi connectivity index (χ1v) is 25.9. The van der Waals surface area contributed by atoms with Gasteiger partial charge in [0, 0.05) is 17.9 Å². The van der Waals surface area contributed by atoms with Crippen molar-refractivity contribution >= 4 is 17.9 Å². The summed E-state index contributed by atoms with van der Waals surface area (Å²) in [4.78, 5) is 30.6. The first-order valence-electron chi connectivity index (χ1n) is 25.9. The summed E-state index contributed by atoms with van der Waals surface area (Å²) in [5.41, 5.74) is 0. The van der Waals surface area contributed by atoms with E-state index in [2.05, 4.69) is 57.2 Å². The average Bonchev–Trinajstić information content (AvgIpc) is 3.22. The van der Waals surface area contributed by atoms with Crippen LogP contribution in [0.3, 0.4) is 0 Å². The molecule has 0 aromatic carbocycles. The summed E-state index contributed by atoms with van der Waals surface area (Å²) in [6.45, 7) is 6.77. The monoisotopic (exact) mass is 1010 g/mol. The van der Waals surface area contributed by atoms with Crippen molar-refractivity contribution in [2.75, 3.05) is 0 Å². The largest absolute Gasteiger partial charge is 3.00 e. The van der Waals surface area contributed by atoms with E-state index in [0.29, 0.717) is 0 Å². The maximum Gasteiger partial charge on any atom is 3.00 e. The Kier molecular flexibility index (Phi) is 68.8. The van der Waals surface area contributed by atoms with E-state index in [1.165, 1.54) is 193 Å². The van der Waals surface area contributed by atoms with Crippen molar-refractivity contribution in [2.24, 2.45) is 0 Å². The van der Waals surface area contributed by atoms with Crippen LogP contribution in [-0.2, 0) is 14.4 Å². The maximum atomic E-state index is 10.2. The van der Waals surface area contributed by atoms with Gasteiger partial charge in [-0.25, -0.2) is 0 Å². The Balaban J connectivity index is -0.000000396. The first-order chi connectivity index (χ1) is 29.3. The number of aliphatic carboxylic acids is 3. The fourth-order valence-corrected chi connectivity index (χ4v) is 7.02. The van der Waals surface area contributed by atoms with Gasteiger partial charge in [-0.05, 0) is 116 Å². The summed E-state index contributed by atoms with van der Waals surface area (Å²) in [7, 11) is 0. The first kappa shape index (κ1) is 66.5. The Bertz CT molecular complexity index is 827. The quantitative estimate of drug-likeness (QED) is 0.0442. The van der Waals surface area contributed by atoms with Crippen molar-refractivity contribution in [2.45, 2.75) is 290 Å². The van der Waals surface area contributed by atoms with E-state index in [1.54, 1.807) is 0 Å². The van der Waals surface area contributed by atoms with Crippen molar-refractivity contribution in [3.63, 3.8) is 0 Å². The zero-order valence-electron chi connectivity index (χ0n) is 40.4. The van der Waals surface area contributed by atoms with Crippen molar-refractivity contribution < 1.29 is 66.6 Å². The minimum Gasteiger partial charge on any atom is -0.550 e. The van der Waals surface area contributed by atoms with E-state index in [1.807, 2.05) is 0 Å². The van der Waals surface area contributed by atoms with E-state index < -0.39 is 17.9 Å². The van der Waals surface area contributed by atoms with Crippen LogP contribution in [0.25, 0.3) is 0 Å². The van der Waals surface area contributed by atoms with Gasteiger partial charge in [-0.2, -0.15) is 0 Å². The van der Waals surface area contributed by atoms with E-state index in [4.69, 9.17) is 0 Å². The van der Waals surface area contributed by atoms with Crippen LogP contribution in [0, 0.1) is 36.9 Å². The van der Waals surface area contributed by atoms with E-state index in [-0.39, 0.29) is 56.1 Å². The smallest absolute Gasteiger partial charge is 0.550 e. The Morgan fingerprint density at radius 2 is 0.410 bits per heavy atom. The molecule has 0 aromatic heterocycles. The second kappa shape index (κ2) is 63.2. The van der Waals surface area contributed by atoms with Gasteiger partial charge >= 0.3 is 36.9 Å². The van der Waals surface area contributed by atoms with Gasteiger partial charge in [-0.1, -0.05) is 211 Å². The summed E-state index contributed by atoms with van der Waals surface area (Å²) in [6.07, 6.45) is 62.7. The Hall–Kier alpha value is -1.14. The minimum absolute atomic E-state index is 0. The number of hydrogen-bond donors (Lipinski definition) is 0. The third-order valence-electron chi connectivity index (χ3n) is 10.9. The molecule has 0 aliphatic carbocycles. The molecular weight excluding hydrogens is 914 g/mol. The second-order valence-electron chi connectivity index (χ2n) is 17.1. The molecule has 0 N–H and O–H groups in total. The summed E-state index contributed by atoms with van der Waals surface area (Å²) in [5.74, 6) is -2.74. The number of carbonyl (C=O) groups excluding carboxylic acids is 3. The SMILES string of the molecule is CCCCCCCCC=CCCCCCCCC(=O)[O-].CCCCCCCCC=CCCCCCCCC(=O)[O-].CCCCCCCCC=CCCCCCCCC(=O)[O-].[Tm+3]. The molecule has 0 atom stereocenters. The van der Waals surface area contributed by atoms with E-state index in [9.17, 15) is 29.7 Å². The molecule has 0 unspecified atom stereocenters. The van der Waals surface area contributed by atoms with Gasteiger partial charge in [0.1, 0.15) is 0 Å². The van der Waals surface area contributed by atoms with Gasteiger partial charge in [-0.3, -0.25) is 0 Å². The molecule has 0 aliphatic heterocycles. The zero-order chi connectivity index (χ0) is 44.7. The van der Waals surface area contributed by atoms with Crippen molar-refractivity contribution in [1.82, 2.24) is 0 Å². The van der Waals surface area contributed by atoms with Crippen molar-refractivity contribution in [3.05, 3.63) is 36.5 Å². The molecule has 0 spiro atoms. The molecule has 0 saturated carbocycles. The number of rotatable bonds is 45. The standard InChI is InChI=1S/3C18H34O2.Tm/c3*1-2-3-4-5-6-7-8-9-10-11-12-13-14-15-16-17-18(19)20;/h3*9-10H,2-8,11-17H2,1H3,(H,19,20);/q;;;+3/p-3. The van der Waals surface area contributed by atoms with E-state index >= 15 is 0 Å². The van der Waals surface area contributed by atoms with Gasteiger partial charge in [0.05, 0.1) is 0 Å². The molecule has 0 bridgehead atoms. The average molecular weight is 1010 g/mol. The number of allylic oxidation sites excluding steroid dienone is 6. The number of hydrogen-bond acceptors (Lipinski definition) is 6. The summed E-state index contributed by atoms with van der Waals surface area (Å²) in [6, 6.07) is 0. The number of unbranched alkanes of at least 4 members (excludes halogenated alkanes) is 33. The summed E-state index contributed by atoms with van der Waals surface area (Å²) >= 11 is 0. The molecule has 0 rings (SSSR count). The van der Waals surface area contributed by atoms with Gasteiger partial charge < -0.3 is 29.7 Å². The molecule has 61 heavy (non-hydrogen) atoms. The Morgan fingerprint density at radius 1 is 0.262 bits per heavy atom. The van der Waals surface area contributed by atoms with Gasteiger partial charge in [0.15, 0.2) is 0 Å². The number of carboxylic acid groups (broad SMARTS) is 3. The van der Waals surface area contributed by atoms with Crippen LogP contribution in [0.1, 0.15) is 290 Å². The molecule has 0 heterocycles. The normalized spacial score (nSPS) is 11.1. The van der Waals surface area contributed by atoms with Crippen LogP contribution in [0.5, 0.6) is 0 Å². The fourth-order valence-electron chi connectivity index (χ4n) is 7.02. The van der Waals surface area contributed by atoms with Crippen LogP contribution >= 0.6 is 0 Å². The van der Waals surface area contributed by atoms with Crippen LogP contribution in [0.2, 0.25) is 0 Å². The molecule has 0 amide bonds. The zero-order valence-corrected chi connectivity index (χ0v) is 42.2. The molecular formula is C54H99O6Tm. The van der Waals surface area contributed by atoms with Gasteiger partial charge in [-0.15, -0.1) is 0 Å². The predicted octanol–water partition coefficient (Wildman–Crippen LogP) is 14.3. The molecule has 7 heteroatoms. The molecule has 0 aromatic rings. The predicted molar refractivity (Wildman–Crippen MR) is 253 cm³/mol. The van der Waals surface area contributed by atoms with Crippen molar-refractivity contribution in [3.8, 4) is 0 Å². The summed E-state index contributed by atoms with van der Waals surface area (Å²) in [5, 5.41) is 30.6. The third kappa shape index (κ3) is 76.6. The van der Waals surface area contributed by atoms with Gasteiger partial charge in [0.2, 0.25) is 0 Å². The van der Waals surface area contributed by atoms with Gasteiger partial charge in [0.25, 0.3) is 0 Å². The summed E-state index contributed by atoms with van der Waals surface area (Å²) < 4.78 is 0. The molecule has 0 radical (unpaired) electrons. The molecule has 0 fully saturated rings. The molecule has 0 saturated heterocycles. The minimum atomic E-state index is -0.914. The second-order valence-corrected chi connectivity index (χ2v) is 17.1. The molecule has 0 aliphatic rings. The van der Waals surface area contributed by atoms with Crippen LogP contribution < -0.4 is 15.3 Å². The van der Waals surface area contributed by atoms with E-state index in [0.717, 1.165) is 57.8 Å². The molecule has 6 nitrogen and oxygen atoms in total. The number of carboxylic acids is 3.